The molecular weight excluding hydrogens is 509 g/mol. The predicted molar refractivity (Wildman–Crippen MR) is 129 cm³/mol. The summed E-state index contributed by atoms with van der Waals surface area (Å²) in [5.41, 5.74) is -1.37. The number of amides is 1. The van der Waals surface area contributed by atoms with Gasteiger partial charge in [0.1, 0.15) is 11.1 Å². The van der Waals surface area contributed by atoms with Crippen LogP contribution in [0.4, 0.5) is 13.2 Å². The fourth-order valence-corrected chi connectivity index (χ4v) is 4.60. The van der Waals surface area contributed by atoms with Crippen molar-refractivity contribution in [3.63, 3.8) is 0 Å². The molecule has 0 fully saturated rings. The van der Waals surface area contributed by atoms with Gasteiger partial charge in [0.15, 0.2) is 5.75 Å². The summed E-state index contributed by atoms with van der Waals surface area (Å²) in [6.45, 7) is 1.74. The molecule has 12 heteroatoms. The molecule has 3 aromatic heterocycles. The fraction of sp³-hybridized carbons (Fsp3) is 0.200. The molecule has 0 unspecified atom stereocenters. The lowest BCUT2D eigenvalue weighted by molar-refractivity contribution is -0.181. The molecule has 4 rings (SSSR count). The molecule has 0 aliphatic rings. The van der Waals surface area contributed by atoms with E-state index in [1.807, 2.05) is 22.9 Å². The molecule has 37 heavy (non-hydrogen) atoms. The zero-order valence-corrected chi connectivity index (χ0v) is 20.7. The fourth-order valence-electron chi connectivity index (χ4n) is 3.52. The van der Waals surface area contributed by atoms with Gasteiger partial charge in [-0.1, -0.05) is 18.2 Å². The first-order valence-corrected chi connectivity index (χ1v) is 12.3. The number of nitrogens with zero attached hydrogens (tertiary/aromatic N) is 3. The van der Waals surface area contributed by atoms with Crippen molar-refractivity contribution >= 4 is 26.8 Å². The molecule has 0 aliphatic heterocycles. The average Bonchev–Trinajstić information content (AvgIpc) is 2.87. The van der Waals surface area contributed by atoms with Gasteiger partial charge in [-0.3, -0.25) is 9.78 Å². The summed E-state index contributed by atoms with van der Waals surface area (Å²) in [6, 6.07) is 15.7. The van der Waals surface area contributed by atoms with Crippen LogP contribution in [0, 0.1) is 0 Å². The van der Waals surface area contributed by atoms with Gasteiger partial charge < -0.3 is 4.74 Å². The Morgan fingerprint density at radius 2 is 1.70 bits per heavy atom. The molecule has 8 nitrogen and oxygen atoms in total. The normalized spacial score (nSPS) is 12.4. The third-order valence-electron chi connectivity index (χ3n) is 5.78. The molecule has 0 bridgehead atoms. The number of benzene rings is 1. The molecule has 4 aromatic rings. The SMILES string of the molecule is COc1ccc(C(C)(C)C(F)(F)F)nc1S(=O)(=O)NC(=O)c1ccc2c(-c3ccccn3)cccc2n1. The second-order valence-corrected chi connectivity index (χ2v) is 10.1. The lowest BCUT2D eigenvalue weighted by atomic mass is 9.88. The minimum atomic E-state index is -4.74. The van der Waals surface area contributed by atoms with Crippen LogP contribution in [-0.2, 0) is 15.4 Å². The lowest BCUT2D eigenvalue weighted by Gasteiger charge is -2.27. The number of alkyl halides is 3. The van der Waals surface area contributed by atoms with Crippen LogP contribution in [0.5, 0.6) is 5.75 Å². The second kappa shape index (κ2) is 9.43. The molecule has 0 saturated carbocycles. The van der Waals surface area contributed by atoms with E-state index < -0.39 is 38.2 Å². The highest BCUT2D eigenvalue weighted by Crippen LogP contribution is 2.40. The highest BCUT2D eigenvalue weighted by Gasteiger charge is 2.50. The Hall–Kier alpha value is -4.06. The Morgan fingerprint density at radius 1 is 0.946 bits per heavy atom. The molecule has 0 radical (unpaired) electrons. The maximum Gasteiger partial charge on any atom is 0.399 e. The zero-order chi connectivity index (χ0) is 27.0. The van der Waals surface area contributed by atoms with Crippen LogP contribution in [0.1, 0.15) is 30.0 Å². The Bertz CT molecular complexity index is 1590. The van der Waals surface area contributed by atoms with Gasteiger partial charge in [-0.25, -0.2) is 14.7 Å². The Labute approximate surface area is 210 Å². The standard InChI is InChI=1S/C25H21F3N4O4S/c1-24(2,25(26,27)28)21-13-12-20(36-3)23(31-21)37(34,35)32-22(33)19-11-10-16-15(7-6-9-18(16)30-19)17-8-4-5-14-29-17/h4-14H,1-3H3,(H,32,33). The number of pyridine rings is 3. The highest BCUT2D eigenvalue weighted by atomic mass is 32.2. The number of ether oxygens (including phenoxy) is 1. The first kappa shape index (κ1) is 26.0. The van der Waals surface area contributed by atoms with Crippen molar-refractivity contribution in [3.05, 3.63) is 78.2 Å². The third kappa shape index (κ3) is 4.96. The average molecular weight is 531 g/mol. The monoisotopic (exact) mass is 530 g/mol. The molecule has 0 aliphatic carbocycles. The largest absolute Gasteiger partial charge is 0.494 e. The summed E-state index contributed by atoms with van der Waals surface area (Å²) in [5.74, 6) is -1.41. The number of hydrogen-bond donors (Lipinski definition) is 1. The van der Waals surface area contributed by atoms with Crippen molar-refractivity contribution in [2.75, 3.05) is 7.11 Å². The minimum absolute atomic E-state index is 0.222. The number of sulfonamides is 1. The number of fused-ring (bicyclic) bond motifs is 1. The molecule has 0 atom stereocenters. The summed E-state index contributed by atoms with van der Waals surface area (Å²) in [4.78, 5) is 25.2. The number of carbonyl (C=O) groups is 1. The Balaban J connectivity index is 1.69. The van der Waals surface area contributed by atoms with E-state index in [-0.39, 0.29) is 11.4 Å². The number of aromatic nitrogens is 3. The summed E-state index contributed by atoms with van der Waals surface area (Å²) >= 11 is 0. The summed E-state index contributed by atoms with van der Waals surface area (Å²) in [7, 11) is -3.60. The molecule has 1 N–H and O–H groups in total. The van der Waals surface area contributed by atoms with Gasteiger partial charge in [0.05, 0.1) is 24.0 Å². The van der Waals surface area contributed by atoms with E-state index in [2.05, 4.69) is 15.0 Å². The topological polar surface area (TPSA) is 111 Å². The van der Waals surface area contributed by atoms with Crippen molar-refractivity contribution < 1.29 is 31.1 Å². The summed E-state index contributed by atoms with van der Waals surface area (Å²) < 4.78 is 73.5. The first-order chi connectivity index (χ1) is 17.3. The number of hydrogen-bond acceptors (Lipinski definition) is 7. The number of rotatable bonds is 6. The molecule has 3 heterocycles. The summed E-state index contributed by atoms with van der Waals surface area (Å²) in [6.07, 6.45) is -3.07. The van der Waals surface area contributed by atoms with E-state index in [9.17, 15) is 26.4 Å². The minimum Gasteiger partial charge on any atom is -0.494 e. The first-order valence-electron chi connectivity index (χ1n) is 10.9. The zero-order valence-electron chi connectivity index (χ0n) is 19.9. The lowest BCUT2D eigenvalue weighted by Crippen LogP contribution is -2.38. The second-order valence-electron chi connectivity index (χ2n) is 8.55. The van der Waals surface area contributed by atoms with Gasteiger partial charge in [-0.05, 0) is 56.3 Å². The van der Waals surface area contributed by atoms with Gasteiger partial charge in [0.25, 0.3) is 15.9 Å². The van der Waals surface area contributed by atoms with Gasteiger partial charge >= 0.3 is 6.18 Å². The molecule has 1 amide bonds. The van der Waals surface area contributed by atoms with Crippen molar-refractivity contribution in [1.29, 1.82) is 0 Å². The number of halogens is 3. The van der Waals surface area contributed by atoms with Crippen LogP contribution < -0.4 is 9.46 Å². The third-order valence-corrected chi connectivity index (χ3v) is 7.04. The van der Waals surface area contributed by atoms with E-state index in [4.69, 9.17) is 4.74 Å². The quantitative estimate of drug-likeness (QED) is 0.386. The van der Waals surface area contributed by atoms with Gasteiger partial charge in [-0.15, -0.1) is 0 Å². The van der Waals surface area contributed by atoms with Crippen molar-refractivity contribution in [1.82, 2.24) is 19.7 Å². The molecule has 0 spiro atoms. The van der Waals surface area contributed by atoms with Crippen molar-refractivity contribution in [2.24, 2.45) is 0 Å². The van der Waals surface area contributed by atoms with E-state index in [1.165, 1.54) is 6.07 Å². The Kier molecular flexibility index (Phi) is 6.63. The smallest absolute Gasteiger partial charge is 0.399 e. The summed E-state index contributed by atoms with van der Waals surface area (Å²) in [5, 5.41) is -0.164. The van der Waals surface area contributed by atoms with Crippen LogP contribution in [0.2, 0.25) is 0 Å². The maximum absolute atomic E-state index is 13.5. The van der Waals surface area contributed by atoms with E-state index >= 15 is 0 Å². The van der Waals surface area contributed by atoms with Crippen LogP contribution in [-0.4, -0.2) is 42.6 Å². The van der Waals surface area contributed by atoms with Crippen LogP contribution in [0.15, 0.2) is 71.9 Å². The predicted octanol–water partition coefficient (Wildman–Crippen LogP) is 4.66. The van der Waals surface area contributed by atoms with Crippen LogP contribution >= 0.6 is 0 Å². The Morgan fingerprint density at radius 3 is 2.35 bits per heavy atom. The number of methoxy groups -OCH3 is 1. The number of nitrogens with one attached hydrogen (secondary N) is 1. The molecule has 0 saturated heterocycles. The van der Waals surface area contributed by atoms with E-state index in [0.717, 1.165) is 38.7 Å². The highest BCUT2D eigenvalue weighted by molar-refractivity contribution is 7.90. The van der Waals surface area contributed by atoms with Crippen molar-refractivity contribution in [3.8, 4) is 17.0 Å². The van der Waals surface area contributed by atoms with E-state index in [1.54, 1.807) is 30.5 Å². The van der Waals surface area contributed by atoms with Gasteiger partial charge in [0.2, 0.25) is 5.03 Å². The number of carbonyl (C=O) groups excluding carboxylic acids is 1. The van der Waals surface area contributed by atoms with Crippen LogP contribution in [0.3, 0.4) is 0 Å². The van der Waals surface area contributed by atoms with Crippen molar-refractivity contribution in [2.45, 2.75) is 30.5 Å². The molecular formula is C25H21F3N4O4S. The van der Waals surface area contributed by atoms with Crippen LogP contribution in [0.25, 0.3) is 22.2 Å². The molecule has 192 valence electrons. The van der Waals surface area contributed by atoms with E-state index in [0.29, 0.717) is 16.6 Å². The molecule has 1 aromatic carbocycles. The maximum atomic E-state index is 13.5. The van der Waals surface area contributed by atoms with Gasteiger partial charge in [0, 0.05) is 17.1 Å². The van der Waals surface area contributed by atoms with Gasteiger partial charge in [-0.2, -0.15) is 21.6 Å².